The molecule has 1 aromatic rings. The van der Waals surface area contributed by atoms with Crippen LogP contribution in [0.25, 0.3) is 0 Å². The number of amides is 1. The van der Waals surface area contributed by atoms with E-state index in [-0.39, 0.29) is 11.9 Å². The van der Waals surface area contributed by atoms with Gasteiger partial charge in [-0.1, -0.05) is 19.9 Å². The monoisotopic (exact) mass is 318 g/mol. The molecule has 0 bridgehead atoms. The summed E-state index contributed by atoms with van der Waals surface area (Å²) in [7, 11) is 0. The second-order valence-corrected chi connectivity index (χ2v) is 6.62. The Labute approximate surface area is 139 Å². The topological polar surface area (TPSA) is 71.2 Å². The zero-order chi connectivity index (χ0) is 16.9. The minimum atomic E-state index is -0.407. The summed E-state index contributed by atoms with van der Waals surface area (Å²) < 4.78 is 0. The van der Waals surface area contributed by atoms with Crippen molar-refractivity contribution >= 4 is 11.7 Å². The van der Waals surface area contributed by atoms with E-state index in [9.17, 15) is 4.79 Å². The van der Waals surface area contributed by atoms with Gasteiger partial charge in [0.1, 0.15) is 5.82 Å². The summed E-state index contributed by atoms with van der Waals surface area (Å²) in [6.07, 6.45) is 5.39. The fourth-order valence-corrected chi connectivity index (χ4v) is 3.19. The van der Waals surface area contributed by atoms with E-state index in [1.807, 2.05) is 27.0 Å². The molecule has 1 aliphatic rings. The molecule has 0 aromatic carbocycles. The van der Waals surface area contributed by atoms with Crippen LogP contribution in [0.4, 0.5) is 5.82 Å². The van der Waals surface area contributed by atoms with Crippen molar-refractivity contribution in [2.45, 2.75) is 52.5 Å². The van der Waals surface area contributed by atoms with Crippen molar-refractivity contribution in [2.75, 3.05) is 24.5 Å². The number of anilines is 1. The highest BCUT2D eigenvalue weighted by Crippen LogP contribution is 2.26. The fourth-order valence-electron chi connectivity index (χ4n) is 3.19. The maximum atomic E-state index is 12.6. The first kappa shape index (κ1) is 17.7. The average molecular weight is 318 g/mol. The highest BCUT2D eigenvalue weighted by atomic mass is 16.2. The van der Waals surface area contributed by atoms with Crippen LogP contribution in [-0.4, -0.2) is 36.6 Å². The second kappa shape index (κ2) is 7.77. The first-order valence-corrected chi connectivity index (χ1v) is 8.73. The number of aryl methyl sites for hydroxylation is 1. The minimum Gasteiger partial charge on any atom is -0.356 e. The lowest BCUT2D eigenvalue weighted by molar-refractivity contribution is -0.131. The first-order valence-electron chi connectivity index (χ1n) is 8.73. The van der Waals surface area contributed by atoms with E-state index in [2.05, 4.69) is 27.3 Å². The zero-order valence-electron chi connectivity index (χ0n) is 14.6. The molecule has 2 heterocycles. The summed E-state index contributed by atoms with van der Waals surface area (Å²) >= 11 is 0. The summed E-state index contributed by atoms with van der Waals surface area (Å²) in [6.45, 7) is 8.40. The molecule has 3 N–H and O–H groups in total. The van der Waals surface area contributed by atoms with E-state index in [0.29, 0.717) is 6.54 Å². The van der Waals surface area contributed by atoms with Gasteiger partial charge in [0.2, 0.25) is 5.91 Å². The van der Waals surface area contributed by atoms with E-state index in [1.165, 1.54) is 5.56 Å². The molecule has 128 valence electrons. The molecule has 5 nitrogen and oxygen atoms in total. The van der Waals surface area contributed by atoms with Gasteiger partial charge >= 0.3 is 0 Å². The summed E-state index contributed by atoms with van der Waals surface area (Å²) in [5, 5.41) is 3.23. The highest BCUT2D eigenvalue weighted by Gasteiger charge is 2.35. The van der Waals surface area contributed by atoms with Crippen LogP contribution in [0.15, 0.2) is 18.3 Å². The Bertz CT molecular complexity index is 494. The van der Waals surface area contributed by atoms with Crippen molar-refractivity contribution < 1.29 is 4.79 Å². The molecule has 1 aromatic heterocycles. The Hall–Kier alpha value is -1.62. The third kappa shape index (κ3) is 4.02. The van der Waals surface area contributed by atoms with Crippen molar-refractivity contribution in [1.82, 2.24) is 10.3 Å². The normalized spacial score (nSPS) is 16.4. The predicted octanol–water partition coefficient (Wildman–Crippen LogP) is 2.24. The molecule has 5 heteroatoms. The SMILES string of the molecule is CCC(CC)(CN)C(=O)NC1CCN(c2ccc(C)cn2)CC1. The van der Waals surface area contributed by atoms with Gasteiger partial charge in [-0.05, 0) is 44.2 Å². The van der Waals surface area contributed by atoms with Crippen molar-refractivity contribution in [3.8, 4) is 0 Å². The van der Waals surface area contributed by atoms with Gasteiger partial charge < -0.3 is 16.0 Å². The van der Waals surface area contributed by atoms with Crippen molar-refractivity contribution in [3.05, 3.63) is 23.9 Å². The van der Waals surface area contributed by atoms with Crippen molar-refractivity contribution in [2.24, 2.45) is 11.1 Å². The first-order chi connectivity index (χ1) is 11.0. The van der Waals surface area contributed by atoms with Crippen LogP contribution in [0.3, 0.4) is 0 Å². The number of hydrogen-bond donors (Lipinski definition) is 2. The number of pyridine rings is 1. The fraction of sp³-hybridized carbons (Fsp3) is 0.667. The Balaban J connectivity index is 1.89. The largest absolute Gasteiger partial charge is 0.356 e. The molecule has 1 amide bonds. The van der Waals surface area contributed by atoms with Gasteiger partial charge in [0.25, 0.3) is 0 Å². The zero-order valence-corrected chi connectivity index (χ0v) is 14.6. The molecule has 0 aliphatic carbocycles. The molecular weight excluding hydrogens is 288 g/mol. The summed E-state index contributed by atoms with van der Waals surface area (Å²) in [6, 6.07) is 4.41. The molecule has 0 atom stereocenters. The molecule has 2 rings (SSSR count). The van der Waals surface area contributed by atoms with Gasteiger partial charge in [0.15, 0.2) is 0 Å². The van der Waals surface area contributed by atoms with Crippen LogP contribution in [0.5, 0.6) is 0 Å². The van der Waals surface area contributed by atoms with E-state index in [1.54, 1.807) is 0 Å². The number of rotatable bonds is 6. The van der Waals surface area contributed by atoms with Gasteiger partial charge in [-0.3, -0.25) is 4.79 Å². The van der Waals surface area contributed by atoms with Gasteiger partial charge in [-0.2, -0.15) is 0 Å². The standard InChI is InChI=1S/C18H30N4O/c1-4-18(5-2,13-19)17(23)21-15-8-10-22(11-9-15)16-7-6-14(3)12-20-16/h6-7,12,15H,4-5,8-11,13,19H2,1-3H3,(H,21,23). The molecule has 1 saturated heterocycles. The summed E-state index contributed by atoms with van der Waals surface area (Å²) in [5.74, 6) is 1.15. The van der Waals surface area contributed by atoms with Crippen LogP contribution in [-0.2, 0) is 4.79 Å². The molecule has 0 saturated carbocycles. The number of nitrogens with one attached hydrogen (secondary N) is 1. The van der Waals surface area contributed by atoms with Gasteiger partial charge in [-0.25, -0.2) is 4.98 Å². The molecule has 0 spiro atoms. The van der Waals surface area contributed by atoms with E-state index >= 15 is 0 Å². The molecule has 1 fully saturated rings. The number of nitrogens with zero attached hydrogens (tertiary/aromatic N) is 2. The van der Waals surface area contributed by atoms with Gasteiger partial charge in [0, 0.05) is 31.9 Å². The lowest BCUT2D eigenvalue weighted by Crippen LogP contribution is -2.51. The van der Waals surface area contributed by atoms with E-state index in [0.717, 1.165) is 44.6 Å². The number of nitrogens with two attached hydrogens (primary N) is 1. The highest BCUT2D eigenvalue weighted by molar-refractivity contribution is 5.83. The van der Waals surface area contributed by atoms with Crippen LogP contribution >= 0.6 is 0 Å². The van der Waals surface area contributed by atoms with Crippen LogP contribution < -0.4 is 16.0 Å². The van der Waals surface area contributed by atoms with Crippen LogP contribution in [0, 0.1) is 12.3 Å². The Morgan fingerprint density at radius 1 is 1.35 bits per heavy atom. The maximum absolute atomic E-state index is 12.6. The second-order valence-electron chi connectivity index (χ2n) is 6.62. The number of carbonyl (C=O) groups excluding carboxylic acids is 1. The van der Waals surface area contributed by atoms with E-state index < -0.39 is 5.41 Å². The third-order valence-electron chi connectivity index (χ3n) is 5.28. The lowest BCUT2D eigenvalue weighted by atomic mass is 9.81. The molecule has 1 aliphatic heterocycles. The summed E-state index contributed by atoms with van der Waals surface area (Å²) in [5.41, 5.74) is 6.63. The van der Waals surface area contributed by atoms with Crippen molar-refractivity contribution in [3.63, 3.8) is 0 Å². The number of piperidine rings is 1. The number of aromatic nitrogens is 1. The molecule has 0 unspecified atom stereocenters. The minimum absolute atomic E-state index is 0.122. The smallest absolute Gasteiger partial charge is 0.227 e. The maximum Gasteiger partial charge on any atom is 0.227 e. The molecule has 0 radical (unpaired) electrons. The Morgan fingerprint density at radius 3 is 2.48 bits per heavy atom. The van der Waals surface area contributed by atoms with E-state index in [4.69, 9.17) is 5.73 Å². The number of carbonyl (C=O) groups is 1. The van der Waals surface area contributed by atoms with Gasteiger partial charge in [0.05, 0.1) is 5.41 Å². The van der Waals surface area contributed by atoms with Crippen molar-refractivity contribution in [1.29, 1.82) is 0 Å². The third-order valence-corrected chi connectivity index (χ3v) is 5.28. The quantitative estimate of drug-likeness (QED) is 0.844. The lowest BCUT2D eigenvalue weighted by Gasteiger charge is -2.36. The van der Waals surface area contributed by atoms with Crippen LogP contribution in [0.2, 0.25) is 0 Å². The number of hydrogen-bond acceptors (Lipinski definition) is 4. The predicted molar refractivity (Wildman–Crippen MR) is 94.4 cm³/mol. The Morgan fingerprint density at radius 2 is 2.00 bits per heavy atom. The van der Waals surface area contributed by atoms with Crippen LogP contribution in [0.1, 0.15) is 45.1 Å². The molecular formula is C18H30N4O. The average Bonchev–Trinajstić information content (AvgIpc) is 2.58. The Kier molecular flexibility index (Phi) is 5.99. The summed E-state index contributed by atoms with van der Waals surface area (Å²) in [4.78, 5) is 19.4. The molecule has 23 heavy (non-hydrogen) atoms. The van der Waals surface area contributed by atoms with Gasteiger partial charge in [-0.15, -0.1) is 0 Å².